The number of hydrogen-bond acceptors (Lipinski definition) is 5. The number of aromatic nitrogens is 2. The van der Waals surface area contributed by atoms with Crippen molar-refractivity contribution in [3.05, 3.63) is 33.6 Å². The van der Waals surface area contributed by atoms with Gasteiger partial charge in [-0.2, -0.15) is 0 Å². The number of fused-ring (bicyclic) bond motifs is 1. The van der Waals surface area contributed by atoms with E-state index >= 15 is 0 Å². The first-order valence-corrected chi connectivity index (χ1v) is 7.92. The summed E-state index contributed by atoms with van der Waals surface area (Å²) in [7, 11) is 1.77. The minimum Gasteiger partial charge on any atom is -0.378 e. The molecule has 2 N–H and O–H groups in total. The van der Waals surface area contributed by atoms with E-state index in [0.29, 0.717) is 30.1 Å². The Kier molecular flexibility index (Phi) is 3.90. The normalized spacial score (nSPS) is 16.1. The van der Waals surface area contributed by atoms with Gasteiger partial charge < -0.3 is 15.4 Å². The number of aryl methyl sites for hydroxylation is 1. The highest BCUT2D eigenvalue weighted by atomic mass is 16.5. The zero-order valence-electron chi connectivity index (χ0n) is 14.2. The number of nitrogens with two attached hydrogens (primary N) is 1. The third-order valence-corrected chi connectivity index (χ3v) is 4.29. The molecule has 0 saturated carbocycles. The Morgan fingerprint density at radius 2 is 1.91 bits per heavy atom. The number of anilines is 1. The van der Waals surface area contributed by atoms with Gasteiger partial charge in [0.25, 0.3) is 5.56 Å². The Hall–Kier alpha value is -1.92. The van der Waals surface area contributed by atoms with Crippen LogP contribution in [0.4, 0.5) is 5.95 Å². The number of rotatable bonds is 2. The third-order valence-electron chi connectivity index (χ3n) is 4.29. The molecule has 1 saturated heterocycles. The molecule has 1 aromatic carbocycles. The number of nitrogens with zero attached hydrogens (tertiary/aromatic N) is 3. The van der Waals surface area contributed by atoms with Crippen LogP contribution >= 0.6 is 0 Å². The largest absolute Gasteiger partial charge is 0.378 e. The lowest BCUT2D eigenvalue weighted by Gasteiger charge is -2.30. The summed E-state index contributed by atoms with van der Waals surface area (Å²) in [6.07, 6.45) is 0. The molecule has 0 amide bonds. The minimum atomic E-state index is -0.564. The van der Waals surface area contributed by atoms with Crippen LogP contribution in [-0.4, -0.2) is 35.9 Å². The summed E-state index contributed by atoms with van der Waals surface area (Å²) in [4.78, 5) is 19.8. The lowest BCUT2D eigenvalue weighted by Crippen LogP contribution is -2.40. The number of benzene rings is 1. The van der Waals surface area contributed by atoms with Gasteiger partial charge >= 0.3 is 0 Å². The van der Waals surface area contributed by atoms with E-state index in [0.717, 1.165) is 24.2 Å². The smallest absolute Gasteiger partial charge is 0.262 e. The van der Waals surface area contributed by atoms with E-state index in [-0.39, 0.29) is 5.56 Å². The van der Waals surface area contributed by atoms with Gasteiger partial charge in [-0.25, -0.2) is 4.98 Å². The van der Waals surface area contributed by atoms with Gasteiger partial charge in [0.15, 0.2) is 0 Å². The summed E-state index contributed by atoms with van der Waals surface area (Å²) in [5, 5.41) is 0.623. The predicted molar refractivity (Wildman–Crippen MR) is 92.0 cm³/mol. The van der Waals surface area contributed by atoms with Crippen LogP contribution in [0.15, 0.2) is 16.9 Å². The molecule has 2 heterocycles. The first kappa shape index (κ1) is 16.0. The van der Waals surface area contributed by atoms with Gasteiger partial charge in [0, 0.05) is 25.7 Å². The predicted octanol–water partition coefficient (Wildman–Crippen LogP) is 1.27. The fourth-order valence-corrected chi connectivity index (χ4v) is 3.05. The Balaban J connectivity index is 2.30. The summed E-state index contributed by atoms with van der Waals surface area (Å²) >= 11 is 0. The summed E-state index contributed by atoms with van der Waals surface area (Å²) in [5.41, 5.74) is 8.35. The lowest BCUT2D eigenvalue weighted by atomic mass is 9.91. The molecule has 0 unspecified atom stereocenters. The lowest BCUT2D eigenvalue weighted by molar-refractivity contribution is 0.121. The highest BCUT2D eigenvalue weighted by Gasteiger charge is 2.23. The van der Waals surface area contributed by atoms with Gasteiger partial charge in [-0.05, 0) is 38.0 Å². The molecule has 3 rings (SSSR count). The Labute approximate surface area is 135 Å². The van der Waals surface area contributed by atoms with Crippen LogP contribution in [0.5, 0.6) is 0 Å². The van der Waals surface area contributed by atoms with Crippen LogP contribution in [0.3, 0.4) is 0 Å². The van der Waals surface area contributed by atoms with Crippen LogP contribution < -0.4 is 16.2 Å². The zero-order valence-corrected chi connectivity index (χ0v) is 14.2. The maximum absolute atomic E-state index is 12.8. The molecule has 1 aliphatic rings. The summed E-state index contributed by atoms with van der Waals surface area (Å²) in [5.74, 6) is 0.681. The van der Waals surface area contributed by atoms with Crippen molar-refractivity contribution in [1.29, 1.82) is 0 Å². The summed E-state index contributed by atoms with van der Waals surface area (Å²) in [6, 6.07) is 3.92. The number of ether oxygens (including phenoxy) is 1. The molecule has 6 nitrogen and oxygen atoms in total. The van der Waals surface area contributed by atoms with Crippen molar-refractivity contribution in [2.75, 3.05) is 31.2 Å². The van der Waals surface area contributed by atoms with Crippen LogP contribution in [0.1, 0.15) is 25.0 Å². The zero-order chi connectivity index (χ0) is 16.8. The van der Waals surface area contributed by atoms with E-state index in [9.17, 15) is 4.79 Å². The maximum Gasteiger partial charge on any atom is 0.262 e. The van der Waals surface area contributed by atoms with Crippen LogP contribution in [0.25, 0.3) is 10.9 Å². The SMILES string of the molecule is Cc1cc(C(C)(C)N)c2nc(N3CCOCC3)n(C)c(=O)c2c1. The van der Waals surface area contributed by atoms with Crippen LogP contribution in [0, 0.1) is 6.92 Å². The van der Waals surface area contributed by atoms with E-state index in [1.165, 1.54) is 0 Å². The third kappa shape index (κ3) is 2.84. The Morgan fingerprint density at radius 1 is 1.26 bits per heavy atom. The van der Waals surface area contributed by atoms with E-state index in [1.54, 1.807) is 11.6 Å². The molecule has 6 heteroatoms. The second kappa shape index (κ2) is 5.62. The Bertz CT molecular complexity index is 799. The van der Waals surface area contributed by atoms with E-state index in [4.69, 9.17) is 15.5 Å². The van der Waals surface area contributed by atoms with Crippen LogP contribution in [0.2, 0.25) is 0 Å². The Morgan fingerprint density at radius 3 is 2.52 bits per heavy atom. The van der Waals surface area contributed by atoms with Gasteiger partial charge in [0.1, 0.15) is 0 Å². The molecule has 0 spiro atoms. The molecular formula is C17H24N4O2. The van der Waals surface area contributed by atoms with Gasteiger partial charge in [0.2, 0.25) is 5.95 Å². The summed E-state index contributed by atoms with van der Waals surface area (Å²) in [6.45, 7) is 8.62. The first-order chi connectivity index (χ1) is 10.8. The molecule has 124 valence electrons. The average molecular weight is 316 g/mol. The second-order valence-corrected chi connectivity index (χ2v) is 6.81. The fraction of sp³-hybridized carbons (Fsp3) is 0.529. The molecule has 0 bridgehead atoms. The maximum atomic E-state index is 12.8. The molecule has 0 atom stereocenters. The first-order valence-electron chi connectivity index (χ1n) is 7.92. The topological polar surface area (TPSA) is 73.4 Å². The quantitative estimate of drug-likeness (QED) is 0.903. The van der Waals surface area contributed by atoms with Crippen molar-refractivity contribution in [3.63, 3.8) is 0 Å². The number of hydrogen-bond donors (Lipinski definition) is 1. The molecule has 1 fully saturated rings. The van der Waals surface area contributed by atoms with E-state index in [1.807, 2.05) is 32.9 Å². The molecule has 0 radical (unpaired) electrons. The average Bonchev–Trinajstić information content (AvgIpc) is 2.50. The minimum absolute atomic E-state index is 0.0364. The van der Waals surface area contributed by atoms with E-state index < -0.39 is 5.54 Å². The molecule has 0 aliphatic carbocycles. The fourth-order valence-electron chi connectivity index (χ4n) is 3.05. The van der Waals surface area contributed by atoms with Crippen molar-refractivity contribution in [1.82, 2.24) is 9.55 Å². The van der Waals surface area contributed by atoms with Crippen molar-refractivity contribution in [3.8, 4) is 0 Å². The van der Waals surface area contributed by atoms with Crippen molar-refractivity contribution in [2.45, 2.75) is 26.3 Å². The molecule has 23 heavy (non-hydrogen) atoms. The highest BCUT2D eigenvalue weighted by molar-refractivity contribution is 5.84. The molecule has 2 aromatic rings. The van der Waals surface area contributed by atoms with Gasteiger partial charge in [-0.3, -0.25) is 9.36 Å². The van der Waals surface area contributed by atoms with Gasteiger partial charge in [-0.1, -0.05) is 6.07 Å². The molecule has 1 aliphatic heterocycles. The highest BCUT2D eigenvalue weighted by Crippen LogP contribution is 2.27. The van der Waals surface area contributed by atoms with Crippen molar-refractivity contribution in [2.24, 2.45) is 12.8 Å². The van der Waals surface area contributed by atoms with E-state index in [2.05, 4.69) is 4.90 Å². The van der Waals surface area contributed by atoms with Crippen LogP contribution in [-0.2, 0) is 17.3 Å². The van der Waals surface area contributed by atoms with Crippen molar-refractivity contribution < 1.29 is 4.74 Å². The number of morpholine rings is 1. The van der Waals surface area contributed by atoms with Gasteiger partial charge in [-0.15, -0.1) is 0 Å². The van der Waals surface area contributed by atoms with Gasteiger partial charge in [0.05, 0.1) is 24.1 Å². The summed E-state index contributed by atoms with van der Waals surface area (Å²) < 4.78 is 7.02. The molecular weight excluding hydrogens is 292 g/mol. The van der Waals surface area contributed by atoms with Crippen molar-refractivity contribution >= 4 is 16.9 Å². The monoisotopic (exact) mass is 316 g/mol. The molecule has 1 aromatic heterocycles. The second-order valence-electron chi connectivity index (χ2n) is 6.81. The standard InChI is InChI=1S/C17H24N4O2/c1-11-9-12-14(13(10-11)17(2,3)18)19-16(20(4)15(12)22)21-5-7-23-8-6-21/h9-10H,5-8,18H2,1-4H3.